The number of rotatable bonds is 7. The Bertz CT molecular complexity index is 1200. The third kappa shape index (κ3) is 4.53. The number of aryl methyl sites for hydroxylation is 4. The predicted molar refractivity (Wildman–Crippen MR) is 121 cm³/mol. The molecule has 0 aliphatic rings. The van der Waals surface area contributed by atoms with Gasteiger partial charge in [0.05, 0.1) is 5.39 Å². The molecule has 0 spiro atoms. The van der Waals surface area contributed by atoms with Crippen LogP contribution in [0.4, 0.5) is 0 Å². The van der Waals surface area contributed by atoms with Crippen LogP contribution in [0.3, 0.4) is 0 Å². The van der Waals surface area contributed by atoms with E-state index in [0.717, 1.165) is 16.9 Å². The summed E-state index contributed by atoms with van der Waals surface area (Å²) in [6.45, 7) is 10.7. The Kier molecular flexibility index (Phi) is 6.55. The van der Waals surface area contributed by atoms with E-state index in [1.807, 2.05) is 13.8 Å². The molecule has 0 bridgehead atoms. The van der Waals surface area contributed by atoms with Crippen LogP contribution in [0.2, 0.25) is 0 Å². The van der Waals surface area contributed by atoms with Crippen molar-refractivity contribution in [2.75, 3.05) is 6.54 Å². The first-order chi connectivity index (χ1) is 14.2. The molecular formula is C22H28N4O3S. The van der Waals surface area contributed by atoms with Crippen LogP contribution in [0.15, 0.2) is 21.9 Å². The second kappa shape index (κ2) is 8.95. The van der Waals surface area contributed by atoms with Crippen molar-refractivity contribution in [3.8, 4) is 0 Å². The number of hydrogen-bond donors (Lipinski definition) is 2. The lowest BCUT2D eigenvalue weighted by atomic mass is 10.1. The zero-order chi connectivity index (χ0) is 22.0. The Labute approximate surface area is 179 Å². The number of pyridine rings is 1. The molecule has 7 nitrogen and oxygen atoms in total. The van der Waals surface area contributed by atoms with Crippen molar-refractivity contribution in [1.29, 1.82) is 0 Å². The number of aromatic amines is 1. The molecule has 3 aromatic rings. The molecule has 0 saturated carbocycles. The highest BCUT2D eigenvalue weighted by Gasteiger charge is 2.16. The molecule has 0 aliphatic heterocycles. The lowest BCUT2D eigenvalue weighted by Crippen LogP contribution is -2.35. The summed E-state index contributed by atoms with van der Waals surface area (Å²) in [6, 6.07) is 1.80. The molecule has 0 atom stereocenters. The number of hydrogen-bond acceptors (Lipinski definition) is 5. The second-order valence-electron chi connectivity index (χ2n) is 8.04. The smallest absolute Gasteiger partial charge is 0.263 e. The number of nitrogens with zero attached hydrogens (tertiary/aromatic N) is 2. The quantitative estimate of drug-likeness (QED) is 0.604. The SMILES string of the molecule is Cc1ccn(CCC(C)C)c(=O)c1C(=O)NCCc1nc2sc(C)c(C)c2c(=O)[nH]1. The van der Waals surface area contributed by atoms with Gasteiger partial charge in [0.15, 0.2) is 0 Å². The van der Waals surface area contributed by atoms with E-state index in [-0.39, 0.29) is 23.2 Å². The van der Waals surface area contributed by atoms with Gasteiger partial charge in [0.25, 0.3) is 17.0 Å². The molecule has 3 aromatic heterocycles. The minimum absolute atomic E-state index is 0.157. The number of fused-ring (bicyclic) bond motifs is 1. The molecule has 160 valence electrons. The lowest BCUT2D eigenvalue weighted by molar-refractivity contribution is 0.0951. The summed E-state index contributed by atoms with van der Waals surface area (Å²) in [5.74, 6) is 0.592. The maximum Gasteiger partial charge on any atom is 0.263 e. The predicted octanol–water partition coefficient (Wildman–Crippen LogP) is 3.09. The molecule has 1 amide bonds. The summed E-state index contributed by atoms with van der Waals surface area (Å²) < 4.78 is 1.59. The number of thiophene rings is 1. The van der Waals surface area contributed by atoms with Crippen LogP contribution in [0, 0.1) is 26.7 Å². The van der Waals surface area contributed by atoms with E-state index in [2.05, 4.69) is 29.1 Å². The summed E-state index contributed by atoms with van der Waals surface area (Å²) in [5.41, 5.74) is 1.34. The van der Waals surface area contributed by atoms with Crippen molar-refractivity contribution in [1.82, 2.24) is 19.9 Å². The molecule has 0 radical (unpaired) electrons. The van der Waals surface area contributed by atoms with Crippen LogP contribution in [0.5, 0.6) is 0 Å². The standard InChI is InChI=1S/C22H28N4O3S/c1-12(2)7-10-26-11-8-13(3)17(22(26)29)19(27)23-9-6-16-24-20(28)18-14(4)15(5)30-21(18)25-16/h8,11-12H,6-7,9-10H2,1-5H3,(H,23,27)(H,24,25,28). The van der Waals surface area contributed by atoms with E-state index in [1.165, 1.54) is 11.3 Å². The molecule has 0 aromatic carbocycles. The molecule has 0 fully saturated rings. The van der Waals surface area contributed by atoms with Crippen LogP contribution < -0.4 is 16.4 Å². The minimum atomic E-state index is -0.400. The average molecular weight is 429 g/mol. The maximum atomic E-state index is 12.7. The summed E-state index contributed by atoms with van der Waals surface area (Å²) in [4.78, 5) is 46.9. The van der Waals surface area contributed by atoms with E-state index < -0.39 is 5.91 Å². The fourth-order valence-electron chi connectivity index (χ4n) is 3.32. The highest BCUT2D eigenvalue weighted by Crippen LogP contribution is 2.25. The van der Waals surface area contributed by atoms with Crippen LogP contribution in [0.25, 0.3) is 10.2 Å². The Morgan fingerprint density at radius 1 is 1.27 bits per heavy atom. The minimum Gasteiger partial charge on any atom is -0.351 e. The van der Waals surface area contributed by atoms with Crippen molar-refractivity contribution < 1.29 is 4.79 Å². The normalized spacial score (nSPS) is 11.4. The highest BCUT2D eigenvalue weighted by atomic mass is 32.1. The van der Waals surface area contributed by atoms with Crippen molar-refractivity contribution in [3.05, 3.63) is 60.4 Å². The van der Waals surface area contributed by atoms with Crippen molar-refractivity contribution >= 4 is 27.5 Å². The number of carbonyl (C=O) groups excluding carboxylic acids is 1. The number of carbonyl (C=O) groups is 1. The van der Waals surface area contributed by atoms with Gasteiger partial charge in [0.2, 0.25) is 0 Å². The van der Waals surface area contributed by atoms with Gasteiger partial charge in [-0.1, -0.05) is 13.8 Å². The molecular weight excluding hydrogens is 400 g/mol. The number of nitrogens with one attached hydrogen (secondary N) is 2. The van der Waals surface area contributed by atoms with Crippen LogP contribution in [-0.2, 0) is 13.0 Å². The number of aromatic nitrogens is 3. The van der Waals surface area contributed by atoms with Gasteiger partial charge in [-0.15, -0.1) is 11.3 Å². The fourth-order valence-corrected chi connectivity index (χ4v) is 4.36. The van der Waals surface area contributed by atoms with E-state index in [4.69, 9.17) is 0 Å². The van der Waals surface area contributed by atoms with Gasteiger partial charge in [-0.25, -0.2) is 4.98 Å². The van der Waals surface area contributed by atoms with E-state index in [1.54, 1.807) is 23.8 Å². The Morgan fingerprint density at radius 3 is 2.70 bits per heavy atom. The molecule has 8 heteroatoms. The average Bonchev–Trinajstić information content (AvgIpc) is 2.95. The van der Waals surface area contributed by atoms with Gasteiger partial charge in [0.1, 0.15) is 16.2 Å². The maximum absolute atomic E-state index is 12.7. The van der Waals surface area contributed by atoms with Crippen LogP contribution in [0.1, 0.15) is 52.5 Å². The van der Waals surface area contributed by atoms with Gasteiger partial charge < -0.3 is 14.9 Å². The van der Waals surface area contributed by atoms with E-state index >= 15 is 0 Å². The zero-order valence-corrected chi connectivity index (χ0v) is 18.9. The number of H-pyrrole nitrogens is 1. The third-order valence-corrected chi connectivity index (χ3v) is 6.38. The monoisotopic (exact) mass is 428 g/mol. The molecule has 3 heterocycles. The Morgan fingerprint density at radius 2 is 2.00 bits per heavy atom. The van der Waals surface area contributed by atoms with E-state index in [0.29, 0.717) is 40.5 Å². The van der Waals surface area contributed by atoms with Crippen molar-refractivity contribution in [3.63, 3.8) is 0 Å². The number of amides is 1. The first-order valence-electron chi connectivity index (χ1n) is 10.2. The van der Waals surface area contributed by atoms with Crippen molar-refractivity contribution in [2.24, 2.45) is 5.92 Å². The summed E-state index contributed by atoms with van der Waals surface area (Å²) in [5, 5.41) is 3.43. The zero-order valence-electron chi connectivity index (χ0n) is 18.1. The highest BCUT2D eigenvalue weighted by molar-refractivity contribution is 7.18. The van der Waals surface area contributed by atoms with Gasteiger partial charge in [0, 0.05) is 30.6 Å². The largest absolute Gasteiger partial charge is 0.351 e. The summed E-state index contributed by atoms with van der Waals surface area (Å²) in [6.07, 6.45) is 2.99. The van der Waals surface area contributed by atoms with Gasteiger partial charge in [-0.05, 0) is 50.3 Å². The van der Waals surface area contributed by atoms with Crippen LogP contribution in [-0.4, -0.2) is 27.0 Å². The molecule has 30 heavy (non-hydrogen) atoms. The summed E-state index contributed by atoms with van der Waals surface area (Å²) >= 11 is 1.49. The second-order valence-corrected chi connectivity index (χ2v) is 9.24. The first kappa shape index (κ1) is 22.0. The van der Waals surface area contributed by atoms with Gasteiger partial charge in [-0.2, -0.15) is 0 Å². The molecule has 3 rings (SSSR count). The van der Waals surface area contributed by atoms with Gasteiger partial charge in [-0.3, -0.25) is 14.4 Å². The van der Waals surface area contributed by atoms with Gasteiger partial charge >= 0.3 is 0 Å². The third-order valence-electron chi connectivity index (χ3n) is 5.28. The molecule has 0 unspecified atom stereocenters. The molecule has 2 N–H and O–H groups in total. The fraction of sp³-hybridized carbons (Fsp3) is 0.455. The Hall–Kier alpha value is -2.74. The molecule has 0 aliphatic carbocycles. The summed E-state index contributed by atoms with van der Waals surface area (Å²) in [7, 11) is 0. The van der Waals surface area contributed by atoms with Crippen LogP contribution >= 0.6 is 11.3 Å². The first-order valence-corrected chi connectivity index (χ1v) is 11.0. The topological polar surface area (TPSA) is 96.8 Å². The van der Waals surface area contributed by atoms with E-state index in [9.17, 15) is 14.4 Å². The van der Waals surface area contributed by atoms with Crippen molar-refractivity contribution in [2.45, 2.75) is 54.0 Å². The lowest BCUT2D eigenvalue weighted by Gasteiger charge is -2.12. The molecule has 0 saturated heterocycles. The Balaban J connectivity index is 1.72.